The van der Waals surface area contributed by atoms with E-state index in [1.165, 1.54) is 10.4 Å². The SMILES string of the molecule is CCc1cnc(C(C)NCc2cccc(OC(C)C)c2)s1. The van der Waals surface area contributed by atoms with Crippen molar-refractivity contribution in [3.63, 3.8) is 0 Å². The van der Waals surface area contributed by atoms with Crippen LogP contribution in [0.15, 0.2) is 30.5 Å². The van der Waals surface area contributed by atoms with Gasteiger partial charge in [-0.25, -0.2) is 4.98 Å². The summed E-state index contributed by atoms with van der Waals surface area (Å²) >= 11 is 1.79. The normalized spacial score (nSPS) is 12.6. The molecular formula is C17H24N2OS. The number of nitrogens with zero attached hydrogens (tertiary/aromatic N) is 1. The number of aromatic nitrogens is 1. The van der Waals surface area contributed by atoms with Crippen molar-refractivity contribution < 1.29 is 4.74 Å². The van der Waals surface area contributed by atoms with Crippen LogP contribution in [-0.2, 0) is 13.0 Å². The monoisotopic (exact) mass is 304 g/mol. The summed E-state index contributed by atoms with van der Waals surface area (Å²) in [6.45, 7) is 9.22. The van der Waals surface area contributed by atoms with Gasteiger partial charge in [0.1, 0.15) is 10.8 Å². The highest BCUT2D eigenvalue weighted by molar-refractivity contribution is 7.11. The molecule has 1 heterocycles. The summed E-state index contributed by atoms with van der Waals surface area (Å²) in [5.41, 5.74) is 1.23. The van der Waals surface area contributed by atoms with Gasteiger partial charge in [0.25, 0.3) is 0 Å². The third-order valence-corrected chi connectivity index (χ3v) is 4.50. The van der Waals surface area contributed by atoms with E-state index in [1.807, 2.05) is 32.2 Å². The number of hydrogen-bond donors (Lipinski definition) is 1. The summed E-state index contributed by atoms with van der Waals surface area (Å²) in [6.07, 6.45) is 3.24. The molecule has 0 bridgehead atoms. The molecule has 0 aliphatic carbocycles. The summed E-state index contributed by atoms with van der Waals surface area (Å²) in [6, 6.07) is 8.52. The lowest BCUT2D eigenvalue weighted by Crippen LogP contribution is -2.18. The van der Waals surface area contributed by atoms with Crippen LogP contribution in [0.2, 0.25) is 0 Å². The first kappa shape index (κ1) is 16.0. The highest BCUT2D eigenvalue weighted by Gasteiger charge is 2.09. The zero-order valence-corrected chi connectivity index (χ0v) is 14.0. The Morgan fingerprint density at radius 2 is 2.10 bits per heavy atom. The Labute approximate surface area is 131 Å². The molecule has 0 saturated heterocycles. The predicted molar refractivity (Wildman–Crippen MR) is 89.0 cm³/mol. The van der Waals surface area contributed by atoms with Crippen LogP contribution in [0.1, 0.15) is 49.2 Å². The fraction of sp³-hybridized carbons (Fsp3) is 0.471. The molecule has 1 aromatic heterocycles. The number of thiazole rings is 1. The van der Waals surface area contributed by atoms with Gasteiger partial charge in [0.05, 0.1) is 12.1 Å². The smallest absolute Gasteiger partial charge is 0.120 e. The lowest BCUT2D eigenvalue weighted by Gasteiger charge is -2.13. The average Bonchev–Trinajstić information content (AvgIpc) is 2.93. The lowest BCUT2D eigenvalue weighted by atomic mass is 10.2. The number of rotatable bonds is 7. The van der Waals surface area contributed by atoms with Crippen LogP contribution in [0.3, 0.4) is 0 Å². The fourth-order valence-electron chi connectivity index (χ4n) is 2.05. The first-order valence-corrected chi connectivity index (χ1v) is 8.33. The molecule has 0 fully saturated rings. The highest BCUT2D eigenvalue weighted by atomic mass is 32.1. The number of hydrogen-bond acceptors (Lipinski definition) is 4. The van der Waals surface area contributed by atoms with Gasteiger partial charge in [-0.05, 0) is 44.9 Å². The minimum atomic E-state index is 0.204. The number of benzene rings is 1. The summed E-state index contributed by atoms with van der Waals surface area (Å²) in [7, 11) is 0. The number of nitrogens with one attached hydrogen (secondary N) is 1. The second-order valence-corrected chi connectivity index (χ2v) is 6.58. The van der Waals surface area contributed by atoms with E-state index in [0.29, 0.717) is 0 Å². The molecule has 0 saturated carbocycles. The second-order valence-electron chi connectivity index (χ2n) is 5.43. The van der Waals surface area contributed by atoms with Crippen molar-refractivity contribution in [1.29, 1.82) is 0 Å². The first-order chi connectivity index (χ1) is 10.1. The van der Waals surface area contributed by atoms with Gasteiger partial charge < -0.3 is 10.1 Å². The van der Waals surface area contributed by atoms with Crippen molar-refractivity contribution in [2.45, 2.75) is 52.8 Å². The van der Waals surface area contributed by atoms with E-state index in [9.17, 15) is 0 Å². The summed E-state index contributed by atoms with van der Waals surface area (Å²) < 4.78 is 5.73. The summed E-state index contributed by atoms with van der Waals surface area (Å²) in [4.78, 5) is 5.83. The van der Waals surface area contributed by atoms with Crippen LogP contribution in [0, 0.1) is 0 Å². The molecular weight excluding hydrogens is 280 g/mol. The van der Waals surface area contributed by atoms with Crippen LogP contribution >= 0.6 is 11.3 Å². The van der Waals surface area contributed by atoms with Crippen LogP contribution < -0.4 is 10.1 Å². The molecule has 2 aromatic rings. The Bertz CT molecular complexity index is 565. The van der Waals surface area contributed by atoms with Gasteiger partial charge in [-0.2, -0.15) is 0 Å². The molecule has 0 spiro atoms. The molecule has 1 unspecified atom stereocenters. The maximum atomic E-state index is 5.73. The first-order valence-electron chi connectivity index (χ1n) is 7.52. The maximum absolute atomic E-state index is 5.73. The van der Waals surface area contributed by atoms with Crippen molar-refractivity contribution in [1.82, 2.24) is 10.3 Å². The Kier molecular flexibility index (Phi) is 5.76. The molecule has 4 heteroatoms. The topological polar surface area (TPSA) is 34.2 Å². The average molecular weight is 304 g/mol. The Morgan fingerprint density at radius 1 is 1.29 bits per heavy atom. The van der Waals surface area contributed by atoms with Crippen LogP contribution in [0.5, 0.6) is 5.75 Å². The van der Waals surface area contributed by atoms with Gasteiger partial charge >= 0.3 is 0 Å². The van der Waals surface area contributed by atoms with Gasteiger partial charge in [-0.15, -0.1) is 11.3 Å². The molecule has 1 atom stereocenters. The van der Waals surface area contributed by atoms with E-state index in [4.69, 9.17) is 4.74 Å². The highest BCUT2D eigenvalue weighted by Crippen LogP contribution is 2.21. The zero-order chi connectivity index (χ0) is 15.2. The quantitative estimate of drug-likeness (QED) is 0.826. The molecule has 21 heavy (non-hydrogen) atoms. The summed E-state index contributed by atoms with van der Waals surface area (Å²) in [5, 5.41) is 4.68. The lowest BCUT2D eigenvalue weighted by molar-refractivity contribution is 0.242. The van der Waals surface area contributed by atoms with Crippen molar-refractivity contribution in [3.8, 4) is 5.75 Å². The molecule has 0 radical (unpaired) electrons. The van der Waals surface area contributed by atoms with E-state index in [2.05, 4.69) is 36.3 Å². The van der Waals surface area contributed by atoms with Gasteiger partial charge in [0.15, 0.2) is 0 Å². The van der Waals surface area contributed by atoms with E-state index >= 15 is 0 Å². The largest absolute Gasteiger partial charge is 0.491 e. The van der Waals surface area contributed by atoms with E-state index in [1.54, 1.807) is 11.3 Å². The molecule has 0 aliphatic heterocycles. The second kappa shape index (κ2) is 7.57. The Balaban J connectivity index is 1.92. The predicted octanol–water partition coefficient (Wildman–Crippen LogP) is 4.34. The Morgan fingerprint density at radius 3 is 2.76 bits per heavy atom. The van der Waals surface area contributed by atoms with Gasteiger partial charge in [-0.1, -0.05) is 19.1 Å². The maximum Gasteiger partial charge on any atom is 0.120 e. The van der Waals surface area contributed by atoms with Gasteiger partial charge in [-0.3, -0.25) is 0 Å². The number of ether oxygens (including phenoxy) is 1. The standard InChI is InChI=1S/C17H24N2OS/c1-5-16-11-19-17(21-16)13(4)18-10-14-7-6-8-15(9-14)20-12(2)3/h6-9,11-13,18H,5,10H2,1-4H3. The van der Waals surface area contributed by atoms with E-state index < -0.39 is 0 Å². The summed E-state index contributed by atoms with van der Waals surface area (Å²) in [5.74, 6) is 0.930. The molecule has 2 rings (SSSR count). The van der Waals surface area contributed by atoms with Crippen molar-refractivity contribution in [3.05, 3.63) is 45.9 Å². The van der Waals surface area contributed by atoms with Crippen molar-refractivity contribution >= 4 is 11.3 Å². The van der Waals surface area contributed by atoms with E-state index in [0.717, 1.165) is 23.7 Å². The molecule has 3 nitrogen and oxygen atoms in total. The van der Waals surface area contributed by atoms with Crippen LogP contribution in [0.4, 0.5) is 0 Å². The molecule has 114 valence electrons. The van der Waals surface area contributed by atoms with Gasteiger partial charge in [0, 0.05) is 17.6 Å². The Hall–Kier alpha value is -1.39. The molecule has 1 aromatic carbocycles. The minimum Gasteiger partial charge on any atom is -0.491 e. The van der Waals surface area contributed by atoms with Crippen LogP contribution in [-0.4, -0.2) is 11.1 Å². The van der Waals surface area contributed by atoms with Gasteiger partial charge in [0.2, 0.25) is 0 Å². The fourth-order valence-corrected chi connectivity index (χ4v) is 2.93. The molecule has 0 aliphatic rings. The van der Waals surface area contributed by atoms with Crippen molar-refractivity contribution in [2.24, 2.45) is 0 Å². The number of aryl methyl sites for hydroxylation is 1. The van der Waals surface area contributed by atoms with Crippen LogP contribution in [0.25, 0.3) is 0 Å². The molecule has 0 amide bonds. The molecule has 1 N–H and O–H groups in total. The zero-order valence-electron chi connectivity index (χ0n) is 13.2. The van der Waals surface area contributed by atoms with Crippen molar-refractivity contribution in [2.75, 3.05) is 0 Å². The third-order valence-electron chi connectivity index (χ3n) is 3.17. The minimum absolute atomic E-state index is 0.204. The van der Waals surface area contributed by atoms with E-state index in [-0.39, 0.29) is 12.1 Å². The third kappa shape index (κ3) is 4.83.